The average Bonchev–Trinajstić information content (AvgIpc) is 3.17. The van der Waals surface area contributed by atoms with Gasteiger partial charge in [0.15, 0.2) is 4.96 Å². The highest BCUT2D eigenvalue weighted by atomic mass is 32.1. The highest BCUT2D eigenvalue weighted by Gasteiger charge is 2.26. The highest BCUT2D eigenvalue weighted by molar-refractivity contribution is 7.19. The van der Waals surface area contributed by atoms with Gasteiger partial charge in [-0.2, -0.15) is 0 Å². The van der Waals surface area contributed by atoms with Crippen LogP contribution in [0.3, 0.4) is 0 Å². The molecule has 2 aromatic carbocycles. The van der Waals surface area contributed by atoms with E-state index in [1.807, 2.05) is 26.0 Å². The van der Waals surface area contributed by atoms with E-state index < -0.39 is 23.3 Å². The number of carboxylic acid groups (broad SMARTS) is 1. The zero-order chi connectivity index (χ0) is 24.6. The maximum atomic E-state index is 13.2. The normalized spacial score (nSPS) is 10.8. The van der Waals surface area contributed by atoms with Gasteiger partial charge >= 0.3 is 0 Å². The first-order valence-corrected chi connectivity index (χ1v) is 11.0. The number of carboxylic acids is 1. The van der Waals surface area contributed by atoms with E-state index in [9.17, 15) is 24.3 Å². The maximum Gasteiger partial charge on any atom is 0.274 e. The zero-order valence-electron chi connectivity index (χ0n) is 18.5. The van der Waals surface area contributed by atoms with Crippen LogP contribution in [-0.2, 0) is 0 Å². The molecule has 0 saturated heterocycles. The van der Waals surface area contributed by atoms with Crippen molar-refractivity contribution in [1.82, 2.24) is 9.38 Å². The number of aromatic nitrogens is 2. The van der Waals surface area contributed by atoms with Gasteiger partial charge in [0.2, 0.25) is 0 Å². The van der Waals surface area contributed by atoms with Crippen molar-refractivity contribution in [1.29, 1.82) is 0 Å². The minimum absolute atomic E-state index is 0.0139. The van der Waals surface area contributed by atoms with Gasteiger partial charge in [-0.15, -0.1) is 0 Å². The SMILES string of the molecule is Cc1cc(=O)n2c(C(=O)Nc3ccc(C(=O)[O-])cc3)c(C(=O)Nc3cccc(C)c3C)sc2n1. The Kier molecular flexibility index (Phi) is 5.99. The first-order valence-electron chi connectivity index (χ1n) is 10.2. The Bertz CT molecular complexity index is 1520. The van der Waals surface area contributed by atoms with Crippen LogP contribution in [0.2, 0.25) is 0 Å². The molecule has 0 saturated carbocycles. The van der Waals surface area contributed by atoms with Gasteiger partial charge in [-0.05, 0) is 55.7 Å². The largest absolute Gasteiger partial charge is 0.545 e. The van der Waals surface area contributed by atoms with Crippen LogP contribution in [0.1, 0.15) is 47.3 Å². The second kappa shape index (κ2) is 8.91. The van der Waals surface area contributed by atoms with Crippen molar-refractivity contribution in [2.75, 3.05) is 10.6 Å². The number of carbonyl (C=O) groups is 3. The summed E-state index contributed by atoms with van der Waals surface area (Å²) in [6.45, 7) is 5.44. The van der Waals surface area contributed by atoms with Gasteiger partial charge in [0, 0.05) is 23.1 Å². The third-order valence-electron chi connectivity index (χ3n) is 5.30. The Morgan fingerprint density at radius 1 is 0.971 bits per heavy atom. The molecule has 2 aromatic heterocycles. The molecule has 0 aliphatic rings. The van der Waals surface area contributed by atoms with E-state index in [4.69, 9.17) is 0 Å². The fraction of sp³-hybridized carbons (Fsp3) is 0.125. The van der Waals surface area contributed by atoms with Crippen LogP contribution in [0.15, 0.2) is 53.3 Å². The molecule has 10 heteroatoms. The summed E-state index contributed by atoms with van der Waals surface area (Å²) in [5, 5.41) is 16.4. The second-order valence-corrected chi connectivity index (χ2v) is 8.63. The Morgan fingerprint density at radius 3 is 2.35 bits per heavy atom. The molecule has 0 aliphatic carbocycles. The van der Waals surface area contributed by atoms with Gasteiger partial charge in [-0.3, -0.25) is 14.4 Å². The summed E-state index contributed by atoms with van der Waals surface area (Å²) < 4.78 is 1.10. The molecule has 0 radical (unpaired) electrons. The third kappa shape index (κ3) is 4.30. The van der Waals surface area contributed by atoms with E-state index in [2.05, 4.69) is 15.6 Å². The van der Waals surface area contributed by atoms with Gasteiger partial charge in [0.25, 0.3) is 17.4 Å². The first kappa shape index (κ1) is 22.9. The van der Waals surface area contributed by atoms with Crippen molar-refractivity contribution in [2.45, 2.75) is 20.8 Å². The summed E-state index contributed by atoms with van der Waals surface area (Å²) in [7, 11) is 0. The lowest BCUT2D eigenvalue weighted by Gasteiger charge is -2.11. The van der Waals surface area contributed by atoms with Gasteiger partial charge < -0.3 is 20.5 Å². The maximum absolute atomic E-state index is 13.2. The van der Waals surface area contributed by atoms with Crippen molar-refractivity contribution in [3.63, 3.8) is 0 Å². The van der Waals surface area contributed by atoms with Crippen LogP contribution in [-0.4, -0.2) is 27.2 Å². The lowest BCUT2D eigenvalue weighted by Crippen LogP contribution is -2.25. The first-order chi connectivity index (χ1) is 16.2. The number of nitrogens with one attached hydrogen (secondary N) is 2. The molecule has 172 valence electrons. The van der Waals surface area contributed by atoms with Crippen molar-refractivity contribution in [3.05, 3.63) is 91.8 Å². The van der Waals surface area contributed by atoms with E-state index in [1.165, 1.54) is 30.3 Å². The number of aryl methyl sites for hydroxylation is 2. The lowest BCUT2D eigenvalue weighted by molar-refractivity contribution is -0.255. The van der Waals surface area contributed by atoms with E-state index in [0.717, 1.165) is 26.9 Å². The van der Waals surface area contributed by atoms with Crippen molar-refractivity contribution >= 4 is 45.5 Å². The summed E-state index contributed by atoms with van der Waals surface area (Å²) in [5.74, 6) is -2.62. The molecule has 2 N–H and O–H groups in total. The number of nitrogens with zero attached hydrogens (tertiary/aromatic N) is 2. The Balaban J connectivity index is 1.77. The van der Waals surface area contributed by atoms with Crippen LogP contribution < -0.4 is 21.3 Å². The summed E-state index contributed by atoms with van der Waals surface area (Å²) in [4.78, 5) is 54.7. The van der Waals surface area contributed by atoms with Gasteiger partial charge in [0.1, 0.15) is 10.6 Å². The topological polar surface area (TPSA) is 133 Å². The number of rotatable bonds is 5. The molecule has 0 bridgehead atoms. The minimum Gasteiger partial charge on any atom is -0.545 e. The molecule has 2 amide bonds. The van der Waals surface area contributed by atoms with Crippen molar-refractivity contribution in [3.8, 4) is 0 Å². The molecular formula is C24H19N4O5S-. The average molecular weight is 476 g/mol. The summed E-state index contributed by atoms with van der Waals surface area (Å²) in [5.41, 5.74) is 2.47. The van der Waals surface area contributed by atoms with Crippen LogP contribution in [0.4, 0.5) is 11.4 Å². The molecule has 0 fully saturated rings. The molecule has 34 heavy (non-hydrogen) atoms. The lowest BCUT2D eigenvalue weighted by atomic mass is 10.1. The summed E-state index contributed by atoms with van der Waals surface area (Å²) in [6, 6.07) is 12.1. The molecule has 0 aliphatic heterocycles. The number of hydrogen-bond acceptors (Lipinski definition) is 7. The number of carbonyl (C=O) groups excluding carboxylic acids is 3. The Hall–Kier alpha value is -4.31. The van der Waals surface area contributed by atoms with Crippen LogP contribution >= 0.6 is 11.3 Å². The standard InChI is InChI=1S/C24H20N4O5S/c1-12-5-4-6-17(14(12)3)27-22(31)20-19(28-18(29)11-13(2)25-24(28)34-20)21(30)26-16-9-7-15(8-10-16)23(32)33/h4-11H,1-3H3,(H,26,30)(H,27,31)(H,32,33)/p-1. The van der Waals surface area contributed by atoms with Crippen molar-refractivity contribution in [2.24, 2.45) is 0 Å². The number of thiazole rings is 1. The van der Waals surface area contributed by atoms with Crippen molar-refractivity contribution < 1.29 is 19.5 Å². The molecule has 4 aromatic rings. The summed E-state index contributed by atoms with van der Waals surface area (Å²) >= 11 is 0.928. The predicted molar refractivity (Wildman–Crippen MR) is 127 cm³/mol. The van der Waals surface area contributed by atoms with Gasteiger partial charge in [-0.25, -0.2) is 9.38 Å². The quantitative estimate of drug-likeness (QED) is 0.456. The molecule has 0 unspecified atom stereocenters. The second-order valence-electron chi connectivity index (χ2n) is 7.65. The van der Waals surface area contributed by atoms with Crippen LogP contribution in [0, 0.1) is 20.8 Å². The van der Waals surface area contributed by atoms with E-state index in [-0.39, 0.29) is 26.8 Å². The van der Waals surface area contributed by atoms with Gasteiger partial charge in [0.05, 0.1) is 5.97 Å². The Labute approximate surface area is 197 Å². The van der Waals surface area contributed by atoms with E-state index >= 15 is 0 Å². The third-order valence-corrected chi connectivity index (χ3v) is 6.34. The highest BCUT2D eigenvalue weighted by Crippen LogP contribution is 2.25. The number of hydrogen-bond donors (Lipinski definition) is 2. The molecule has 4 rings (SSSR count). The monoisotopic (exact) mass is 475 g/mol. The molecule has 2 heterocycles. The minimum atomic E-state index is -1.35. The van der Waals surface area contributed by atoms with Crippen LogP contribution in [0.5, 0.6) is 0 Å². The zero-order valence-corrected chi connectivity index (χ0v) is 19.3. The molecule has 9 nitrogen and oxygen atoms in total. The Morgan fingerprint density at radius 2 is 1.68 bits per heavy atom. The fourth-order valence-corrected chi connectivity index (χ4v) is 4.46. The molecular weight excluding hydrogens is 456 g/mol. The molecule has 0 spiro atoms. The number of amides is 2. The number of fused-ring (bicyclic) bond motifs is 1. The summed E-state index contributed by atoms with van der Waals surface area (Å²) in [6.07, 6.45) is 0. The predicted octanol–water partition coefficient (Wildman–Crippen LogP) is 2.55. The van der Waals surface area contributed by atoms with E-state index in [0.29, 0.717) is 11.4 Å². The fourth-order valence-electron chi connectivity index (χ4n) is 3.39. The number of benzene rings is 2. The van der Waals surface area contributed by atoms with E-state index in [1.54, 1.807) is 13.0 Å². The van der Waals surface area contributed by atoms with Crippen LogP contribution in [0.25, 0.3) is 4.96 Å². The number of aromatic carboxylic acids is 1. The smallest absolute Gasteiger partial charge is 0.274 e. The number of anilines is 2. The van der Waals surface area contributed by atoms with Gasteiger partial charge in [-0.1, -0.05) is 35.6 Å². The molecule has 0 atom stereocenters.